The summed E-state index contributed by atoms with van der Waals surface area (Å²) in [6.45, 7) is 2.17. The average molecular weight is 530 g/mol. The van der Waals surface area contributed by atoms with E-state index in [1.54, 1.807) is 6.07 Å². The van der Waals surface area contributed by atoms with Gasteiger partial charge in [-0.15, -0.1) is 9.46 Å². The van der Waals surface area contributed by atoms with Crippen molar-refractivity contribution < 1.29 is 23.1 Å². The Kier molecular flexibility index (Phi) is 8.77. The Balaban J connectivity index is 1.92. The van der Waals surface area contributed by atoms with E-state index in [0.29, 0.717) is 15.3 Å². The summed E-state index contributed by atoms with van der Waals surface area (Å²) in [6, 6.07) is 13.6. The molecule has 2 aromatic rings. The molecule has 0 fully saturated rings. The lowest BCUT2D eigenvalue weighted by Crippen LogP contribution is -2.02. The lowest BCUT2D eigenvalue weighted by Gasteiger charge is -2.13. The summed E-state index contributed by atoms with van der Waals surface area (Å²) in [6.07, 6.45) is 0.468. The van der Waals surface area contributed by atoms with Gasteiger partial charge in [0.1, 0.15) is 0 Å². The van der Waals surface area contributed by atoms with Crippen LogP contribution in [0.3, 0.4) is 0 Å². The zero-order chi connectivity index (χ0) is 19.2. The molecule has 0 spiro atoms. The van der Waals surface area contributed by atoms with Gasteiger partial charge in [0.25, 0.3) is 0 Å². The van der Waals surface area contributed by atoms with Gasteiger partial charge in [0.2, 0.25) is 0 Å². The van der Waals surface area contributed by atoms with Crippen LogP contribution in [0.1, 0.15) is 23.6 Å². The van der Waals surface area contributed by atoms with Gasteiger partial charge >= 0.3 is 7.60 Å². The highest BCUT2D eigenvalue weighted by Gasteiger charge is 2.29. The molecule has 0 aliphatic rings. The van der Waals surface area contributed by atoms with Gasteiger partial charge in [-0.25, -0.2) is 0 Å². The van der Waals surface area contributed by atoms with Crippen molar-refractivity contribution in [3.8, 4) is 0 Å². The quantitative estimate of drug-likeness (QED) is 0.314. The predicted molar refractivity (Wildman–Crippen MR) is 108 cm³/mol. The minimum absolute atomic E-state index is 0.426. The van der Waals surface area contributed by atoms with Gasteiger partial charge in [0.05, 0.1) is 6.16 Å². The SMILES string of the molecule is CC(Cc1ccc(Br)cc1)SCc1ccc(CP(=O)(OF)OF)c(Br)c1. The van der Waals surface area contributed by atoms with Crippen molar-refractivity contribution in [2.75, 3.05) is 0 Å². The van der Waals surface area contributed by atoms with E-state index in [1.807, 2.05) is 36.0 Å². The summed E-state index contributed by atoms with van der Waals surface area (Å²) in [4.78, 5) is 0. The molecule has 0 saturated carbocycles. The van der Waals surface area contributed by atoms with E-state index in [1.165, 1.54) is 5.56 Å². The van der Waals surface area contributed by atoms with Crippen molar-refractivity contribution in [1.82, 2.24) is 0 Å². The summed E-state index contributed by atoms with van der Waals surface area (Å²) in [5.41, 5.74) is 2.77. The maximum atomic E-state index is 12.2. The monoisotopic (exact) mass is 528 g/mol. The van der Waals surface area contributed by atoms with Crippen LogP contribution in [0.25, 0.3) is 0 Å². The Hall–Kier alpha value is -0.240. The van der Waals surface area contributed by atoms with Crippen LogP contribution in [-0.4, -0.2) is 5.25 Å². The number of hydrogen-bond donors (Lipinski definition) is 0. The molecule has 0 N–H and O–H groups in total. The zero-order valence-corrected chi connectivity index (χ0v) is 18.7. The van der Waals surface area contributed by atoms with Crippen molar-refractivity contribution in [3.63, 3.8) is 0 Å². The molecule has 0 aliphatic heterocycles. The summed E-state index contributed by atoms with van der Waals surface area (Å²) >= 11 is 8.57. The van der Waals surface area contributed by atoms with Crippen LogP contribution in [0.4, 0.5) is 9.05 Å². The van der Waals surface area contributed by atoms with Gasteiger partial charge in [0.15, 0.2) is 0 Å². The predicted octanol–water partition coefficient (Wildman–Crippen LogP) is 7.57. The van der Waals surface area contributed by atoms with Crippen LogP contribution in [0.15, 0.2) is 51.4 Å². The summed E-state index contributed by atoms with van der Waals surface area (Å²) in [5, 5.41) is 0.426. The number of thioether (sulfide) groups is 1. The third-order valence-electron chi connectivity index (χ3n) is 3.66. The molecule has 3 nitrogen and oxygen atoms in total. The molecule has 0 amide bonds. The second kappa shape index (κ2) is 10.3. The highest BCUT2D eigenvalue weighted by molar-refractivity contribution is 9.10. The molecule has 0 saturated heterocycles. The summed E-state index contributed by atoms with van der Waals surface area (Å²) in [5.74, 6) is 0.785. The number of hydrogen-bond acceptors (Lipinski definition) is 4. The first kappa shape index (κ1) is 22.1. The van der Waals surface area contributed by atoms with Crippen LogP contribution in [0.2, 0.25) is 0 Å². The highest BCUT2D eigenvalue weighted by atomic mass is 79.9. The lowest BCUT2D eigenvalue weighted by atomic mass is 10.1. The molecule has 0 aliphatic carbocycles. The largest absolute Gasteiger partial charge is 0.399 e. The second-order valence-corrected chi connectivity index (χ2v) is 10.8. The maximum Gasteiger partial charge on any atom is 0.399 e. The Morgan fingerprint density at radius 1 is 1.08 bits per heavy atom. The van der Waals surface area contributed by atoms with E-state index in [4.69, 9.17) is 0 Å². The number of rotatable bonds is 9. The minimum atomic E-state index is -4.39. The van der Waals surface area contributed by atoms with E-state index in [0.717, 1.165) is 22.2 Å². The highest BCUT2D eigenvalue weighted by Crippen LogP contribution is 2.53. The van der Waals surface area contributed by atoms with E-state index in [2.05, 4.69) is 60.4 Å². The van der Waals surface area contributed by atoms with Crippen molar-refractivity contribution in [2.24, 2.45) is 0 Å². The van der Waals surface area contributed by atoms with E-state index in [9.17, 15) is 13.6 Å². The molecule has 0 radical (unpaired) electrons. The second-order valence-electron chi connectivity index (χ2n) is 5.79. The number of benzene rings is 2. The van der Waals surface area contributed by atoms with Gasteiger partial charge in [-0.05, 0) is 50.4 Å². The molecule has 0 heterocycles. The fourth-order valence-electron chi connectivity index (χ4n) is 2.33. The van der Waals surface area contributed by atoms with E-state index >= 15 is 0 Å². The van der Waals surface area contributed by atoms with Crippen LogP contribution < -0.4 is 0 Å². The maximum absolute atomic E-state index is 12.2. The van der Waals surface area contributed by atoms with Crippen LogP contribution in [0.5, 0.6) is 0 Å². The van der Waals surface area contributed by atoms with E-state index in [-0.39, 0.29) is 0 Å². The minimum Gasteiger partial charge on any atom is -0.254 e. The molecule has 0 bridgehead atoms. The van der Waals surface area contributed by atoms with Gasteiger partial charge in [-0.2, -0.15) is 11.8 Å². The first-order valence-corrected chi connectivity index (χ1v) is 12.0. The zero-order valence-electron chi connectivity index (χ0n) is 13.8. The van der Waals surface area contributed by atoms with Crippen LogP contribution in [-0.2, 0) is 32.4 Å². The third kappa shape index (κ3) is 6.73. The molecule has 0 aromatic heterocycles. The fourth-order valence-corrected chi connectivity index (χ4v) is 5.15. The van der Waals surface area contributed by atoms with E-state index < -0.39 is 13.8 Å². The Morgan fingerprint density at radius 2 is 1.69 bits per heavy atom. The molecule has 142 valence electrons. The average Bonchev–Trinajstić information content (AvgIpc) is 2.64. The first-order chi connectivity index (χ1) is 12.3. The normalized spacial score (nSPS) is 13.0. The van der Waals surface area contributed by atoms with Crippen molar-refractivity contribution in [1.29, 1.82) is 0 Å². The molecule has 2 rings (SSSR count). The Labute approximate surface area is 172 Å². The molecule has 26 heavy (non-hydrogen) atoms. The number of halogens is 4. The molecule has 1 atom stereocenters. The van der Waals surface area contributed by atoms with Crippen molar-refractivity contribution in [3.05, 3.63) is 68.1 Å². The third-order valence-corrected chi connectivity index (χ3v) is 7.31. The Bertz CT molecular complexity index is 769. The van der Waals surface area contributed by atoms with Crippen LogP contribution >= 0.6 is 51.2 Å². The lowest BCUT2D eigenvalue weighted by molar-refractivity contribution is -0.0881. The molecular formula is C17H17Br2F2O3PS. The smallest absolute Gasteiger partial charge is 0.254 e. The summed E-state index contributed by atoms with van der Waals surface area (Å²) < 4.78 is 43.9. The molecular weight excluding hydrogens is 513 g/mol. The summed E-state index contributed by atoms with van der Waals surface area (Å²) in [7, 11) is -4.39. The van der Waals surface area contributed by atoms with Gasteiger partial charge in [-0.3, -0.25) is 4.57 Å². The van der Waals surface area contributed by atoms with Crippen LogP contribution in [0, 0.1) is 0 Å². The molecule has 1 unspecified atom stereocenters. The topological polar surface area (TPSA) is 35.5 Å². The van der Waals surface area contributed by atoms with Crippen molar-refractivity contribution in [2.45, 2.75) is 30.5 Å². The van der Waals surface area contributed by atoms with Gasteiger partial charge in [-0.1, -0.05) is 63.0 Å². The molecule has 9 heteroatoms. The molecule has 2 aromatic carbocycles. The van der Waals surface area contributed by atoms with Gasteiger partial charge in [0, 0.05) is 19.9 Å². The fraction of sp³-hybridized carbons (Fsp3) is 0.294. The van der Waals surface area contributed by atoms with Crippen molar-refractivity contribution >= 4 is 51.2 Å². The Morgan fingerprint density at radius 3 is 2.27 bits per heavy atom. The van der Waals surface area contributed by atoms with Gasteiger partial charge < -0.3 is 0 Å². The first-order valence-electron chi connectivity index (χ1n) is 7.68. The standard InChI is InChI=1S/C17H17Br2F2O3PS/c1-12(8-13-3-6-16(18)7-4-13)26-11-14-2-5-15(17(19)9-14)10-25(22,23-20)24-21/h2-7,9,12H,8,10-11H2,1H3.